The third-order valence-corrected chi connectivity index (χ3v) is 5.51. The number of carbonyl (C=O) groups excluding carboxylic acids is 1. The molecule has 32 heavy (non-hydrogen) atoms. The lowest BCUT2D eigenvalue weighted by Gasteiger charge is -2.32. The number of amides is 1. The van der Waals surface area contributed by atoms with E-state index in [0.717, 1.165) is 42.9 Å². The minimum absolute atomic E-state index is 0. The van der Waals surface area contributed by atoms with Gasteiger partial charge in [0.1, 0.15) is 11.6 Å². The van der Waals surface area contributed by atoms with Crippen molar-refractivity contribution in [2.45, 2.75) is 39.8 Å². The highest BCUT2D eigenvalue weighted by atomic mass is 127. The molecule has 0 saturated carbocycles. The zero-order valence-electron chi connectivity index (χ0n) is 18.6. The average molecular weight is 554 g/mol. The molecule has 1 saturated heterocycles. The minimum Gasteiger partial charge on any atom is -0.369 e. The Hall–Kier alpha value is -2.43. The van der Waals surface area contributed by atoms with Gasteiger partial charge in [0.05, 0.1) is 6.54 Å². The van der Waals surface area contributed by atoms with Crippen LogP contribution >= 0.6 is 24.0 Å². The normalized spacial score (nSPS) is 14.6. The van der Waals surface area contributed by atoms with E-state index in [-0.39, 0.29) is 41.6 Å². The van der Waals surface area contributed by atoms with Gasteiger partial charge >= 0.3 is 0 Å². The monoisotopic (exact) mass is 554 g/mol. The van der Waals surface area contributed by atoms with Crippen LogP contribution in [0, 0.1) is 18.7 Å². The lowest BCUT2D eigenvalue weighted by atomic mass is 9.96. The molecular weight excluding hydrogens is 522 g/mol. The fourth-order valence-electron chi connectivity index (χ4n) is 3.65. The number of nitrogens with zero attached hydrogens (tertiary/aromatic N) is 3. The zero-order chi connectivity index (χ0) is 22.2. The molecule has 1 aromatic carbocycles. The van der Waals surface area contributed by atoms with Crippen molar-refractivity contribution in [1.82, 2.24) is 15.6 Å². The first-order chi connectivity index (χ1) is 15.0. The number of rotatable bonds is 7. The van der Waals surface area contributed by atoms with E-state index in [0.29, 0.717) is 31.2 Å². The Morgan fingerprint density at radius 1 is 1.28 bits per heavy atom. The fourth-order valence-corrected chi connectivity index (χ4v) is 3.65. The molecule has 1 aliphatic rings. The van der Waals surface area contributed by atoms with E-state index in [1.807, 2.05) is 25.1 Å². The number of hydrogen-bond donors (Lipinski definition) is 3. The third-order valence-electron chi connectivity index (χ3n) is 5.51. The number of pyridine rings is 1. The largest absolute Gasteiger partial charge is 0.369 e. The molecule has 2 aromatic rings. The summed E-state index contributed by atoms with van der Waals surface area (Å²) in [6.45, 7) is 6.90. The first-order valence-corrected chi connectivity index (χ1v) is 10.7. The Kier molecular flexibility index (Phi) is 10.1. The molecule has 0 bridgehead atoms. The molecule has 0 spiro atoms. The van der Waals surface area contributed by atoms with Crippen LogP contribution in [-0.4, -0.2) is 36.5 Å². The van der Waals surface area contributed by atoms with Crippen molar-refractivity contribution < 1.29 is 9.18 Å². The van der Waals surface area contributed by atoms with Gasteiger partial charge in [-0.2, -0.15) is 0 Å². The Labute approximate surface area is 206 Å². The van der Waals surface area contributed by atoms with E-state index in [4.69, 9.17) is 5.73 Å². The molecule has 3 rings (SSSR count). The number of anilines is 1. The maximum atomic E-state index is 13.8. The van der Waals surface area contributed by atoms with Gasteiger partial charge in [0, 0.05) is 43.9 Å². The maximum absolute atomic E-state index is 13.8. The Balaban J connectivity index is 0.00000363. The highest BCUT2D eigenvalue weighted by Gasteiger charge is 2.24. The summed E-state index contributed by atoms with van der Waals surface area (Å²) < 4.78 is 13.8. The summed E-state index contributed by atoms with van der Waals surface area (Å²) in [6.07, 6.45) is 3.27. The average Bonchev–Trinajstić information content (AvgIpc) is 2.78. The molecule has 1 aliphatic heterocycles. The number of carbonyl (C=O) groups is 1. The van der Waals surface area contributed by atoms with Gasteiger partial charge in [0.2, 0.25) is 5.91 Å². The number of hydrogen-bond acceptors (Lipinski definition) is 4. The van der Waals surface area contributed by atoms with Gasteiger partial charge in [-0.15, -0.1) is 24.0 Å². The molecule has 174 valence electrons. The van der Waals surface area contributed by atoms with Crippen LogP contribution in [0.5, 0.6) is 0 Å². The predicted octanol–water partition coefficient (Wildman–Crippen LogP) is 3.10. The van der Waals surface area contributed by atoms with Gasteiger partial charge in [0.25, 0.3) is 0 Å². The summed E-state index contributed by atoms with van der Waals surface area (Å²) in [5.74, 6) is 1.08. The highest BCUT2D eigenvalue weighted by molar-refractivity contribution is 14.0. The molecule has 0 unspecified atom stereocenters. The van der Waals surface area contributed by atoms with Crippen molar-refractivity contribution in [3.63, 3.8) is 0 Å². The molecule has 1 aromatic heterocycles. The summed E-state index contributed by atoms with van der Waals surface area (Å²) in [5, 5.41) is 6.57. The number of piperidine rings is 1. The number of halogens is 2. The highest BCUT2D eigenvalue weighted by Crippen LogP contribution is 2.24. The number of nitrogens with two attached hydrogens (primary N) is 1. The Morgan fingerprint density at radius 3 is 2.69 bits per heavy atom. The Morgan fingerprint density at radius 2 is 2.03 bits per heavy atom. The molecule has 7 nitrogen and oxygen atoms in total. The zero-order valence-corrected chi connectivity index (χ0v) is 20.9. The first kappa shape index (κ1) is 25.8. The molecular formula is C23H32FIN6O. The summed E-state index contributed by atoms with van der Waals surface area (Å²) >= 11 is 0. The van der Waals surface area contributed by atoms with Crippen LogP contribution in [0.1, 0.15) is 36.5 Å². The maximum Gasteiger partial charge on any atom is 0.220 e. The van der Waals surface area contributed by atoms with Crippen molar-refractivity contribution in [2.24, 2.45) is 16.6 Å². The van der Waals surface area contributed by atoms with Gasteiger partial charge in [0.15, 0.2) is 5.96 Å². The van der Waals surface area contributed by atoms with E-state index < -0.39 is 0 Å². The lowest BCUT2D eigenvalue weighted by Crippen LogP contribution is -2.40. The standard InChI is InChI=1S/C23H31FN6O.HI/c1-3-26-23(28-14-17-7-6-16(2)20(24)13-17)29-15-19-5-4-10-27-22(19)30-11-8-18(9-12-30)21(25)31;/h4-7,10,13,18H,3,8-9,11-12,14-15H2,1-2H3,(H2,25,31)(H2,26,28,29);1H. The van der Waals surface area contributed by atoms with Crippen molar-refractivity contribution >= 4 is 41.7 Å². The second-order valence-corrected chi connectivity index (χ2v) is 7.78. The van der Waals surface area contributed by atoms with Gasteiger partial charge in [-0.3, -0.25) is 4.79 Å². The number of aromatic nitrogens is 1. The van der Waals surface area contributed by atoms with Gasteiger partial charge in [-0.1, -0.05) is 18.2 Å². The summed E-state index contributed by atoms with van der Waals surface area (Å²) in [5.41, 5.74) is 7.95. The fraction of sp³-hybridized carbons (Fsp3) is 0.435. The summed E-state index contributed by atoms with van der Waals surface area (Å²) in [6, 6.07) is 9.13. The number of aliphatic imine (C=N–C) groups is 1. The smallest absolute Gasteiger partial charge is 0.220 e. The van der Waals surface area contributed by atoms with Crippen LogP contribution < -0.4 is 21.3 Å². The number of guanidine groups is 1. The van der Waals surface area contributed by atoms with Crippen LogP contribution in [0.2, 0.25) is 0 Å². The van der Waals surface area contributed by atoms with Gasteiger partial charge in [-0.25, -0.2) is 14.4 Å². The van der Waals surface area contributed by atoms with Crippen LogP contribution in [0.25, 0.3) is 0 Å². The summed E-state index contributed by atoms with van der Waals surface area (Å²) in [4.78, 5) is 22.8. The SMILES string of the molecule is CCNC(=NCc1ccc(C)c(F)c1)NCc1cccnc1N1CCC(C(N)=O)CC1.I. The van der Waals surface area contributed by atoms with Crippen molar-refractivity contribution in [3.05, 3.63) is 59.0 Å². The van der Waals surface area contributed by atoms with E-state index in [9.17, 15) is 9.18 Å². The van der Waals surface area contributed by atoms with Crippen LogP contribution in [0.4, 0.5) is 10.2 Å². The second-order valence-electron chi connectivity index (χ2n) is 7.78. The molecule has 0 atom stereocenters. The molecule has 1 fully saturated rings. The lowest BCUT2D eigenvalue weighted by molar-refractivity contribution is -0.122. The van der Waals surface area contributed by atoms with Crippen LogP contribution in [0.15, 0.2) is 41.5 Å². The van der Waals surface area contributed by atoms with Crippen molar-refractivity contribution in [3.8, 4) is 0 Å². The van der Waals surface area contributed by atoms with E-state index in [1.54, 1.807) is 19.2 Å². The summed E-state index contributed by atoms with van der Waals surface area (Å²) in [7, 11) is 0. The van der Waals surface area contributed by atoms with Crippen molar-refractivity contribution in [1.29, 1.82) is 0 Å². The quantitative estimate of drug-likeness (QED) is 0.278. The van der Waals surface area contributed by atoms with Crippen LogP contribution in [0.3, 0.4) is 0 Å². The molecule has 4 N–H and O–H groups in total. The predicted molar refractivity (Wildman–Crippen MR) is 137 cm³/mol. The number of aryl methyl sites for hydroxylation is 1. The molecule has 1 amide bonds. The number of nitrogens with one attached hydrogen (secondary N) is 2. The molecule has 0 radical (unpaired) electrons. The molecule has 2 heterocycles. The first-order valence-electron chi connectivity index (χ1n) is 10.7. The molecule has 9 heteroatoms. The van der Waals surface area contributed by atoms with Crippen LogP contribution in [-0.2, 0) is 17.9 Å². The second kappa shape index (κ2) is 12.6. The minimum atomic E-state index is -0.220. The van der Waals surface area contributed by atoms with Gasteiger partial charge in [-0.05, 0) is 49.9 Å². The third kappa shape index (κ3) is 7.04. The van der Waals surface area contributed by atoms with E-state index in [2.05, 4.69) is 25.5 Å². The van der Waals surface area contributed by atoms with E-state index in [1.165, 1.54) is 6.07 Å². The van der Waals surface area contributed by atoms with Crippen molar-refractivity contribution in [2.75, 3.05) is 24.5 Å². The molecule has 0 aliphatic carbocycles. The van der Waals surface area contributed by atoms with E-state index >= 15 is 0 Å². The topological polar surface area (TPSA) is 95.6 Å². The number of primary amides is 1. The number of benzene rings is 1. The Bertz CT molecular complexity index is 930. The van der Waals surface area contributed by atoms with Gasteiger partial charge < -0.3 is 21.3 Å².